The number of esters is 1. The minimum atomic E-state index is -1.38. The second-order valence-corrected chi connectivity index (χ2v) is 3.49. The third-order valence-electron chi connectivity index (χ3n) is 2.32. The number of nitrogens with zero attached hydrogens (tertiary/aromatic N) is 1. The second kappa shape index (κ2) is 5.80. The summed E-state index contributed by atoms with van der Waals surface area (Å²) in [5, 5.41) is 8.87. The highest BCUT2D eigenvalue weighted by molar-refractivity contribution is 6.11. The number of rotatable bonds is 4. The molecule has 0 aliphatic carbocycles. The minimum Gasteiger partial charge on any atom is -0.465 e. The molecule has 0 radical (unpaired) electrons. The molecule has 0 aliphatic heterocycles. The lowest BCUT2D eigenvalue weighted by Gasteiger charge is -2.09. The van der Waals surface area contributed by atoms with E-state index in [1.54, 1.807) is 44.2 Å². The van der Waals surface area contributed by atoms with Crippen molar-refractivity contribution in [2.24, 2.45) is 5.92 Å². The van der Waals surface area contributed by atoms with Crippen LogP contribution in [0.15, 0.2) is 24.3 Å². The maximum Gasteiger partial charge on any atom is 0.331 e. The maximum atomic E-state index is 12.0. The van der Waals surface area contributed by atoms with Gasteiger partial charge in [-0.3, -0.25) is 9.59 Å². The zero-order chi connectivity index (χ0) is 12.8. The summed E-state index contributed by atoms with van der Waals surface area (Å²) in [7, 11) is 0. The molecule has 1 aromatic carbocycles. The molecule has 1 aromatic rings. The number of hydrogen-bond donors (Lipinski definition) is 0. The fraction of sp³-hybridized carbons (Fsp3) is 0.308. The van der Waals surface area contributed by atoms with E-state index < -0.39 is 17.7 Å². The molecule has 88 valence electrons. The normalized spacial score (nSPS) is 11.4. The maximum absolute atomic E-state index is 12.0. The monoisotopic (exact) mass is 231 g/mol. The first-order valence-electron chi connectivity index (χ1n) is 5.28. The predicted octanol–water partition coefficient (Wildman–Crippen LogP) is 1.88. The Hall–Kier alpha value is -2.15. The van der Waals surface area contributed by atoms with Gasteiger partial charge >= 0.3 is 5.97 Å². The van der Waals surface area contributed by atoms with Crippen molar-refractivity contribution in [2.75, 3.05) is 6.61 Å². The van der Waals surface area contributed by atoms with Crippen LogP contribution in [0.3, 0.4) is 0 Å². The summed E-state index contributed by atoms with van der Waals surface area (Å²) in [5.41, 5.74) is 1.12. The molecule has 0 bridgehead atoms. The van der Waals surface area contributed by atoms with Crippen LogP contribution in [0.25, 0.3) is 0 Å². The van der Waals surface area contributed by atoms with Crippen molar-refractivity contribution in [3.05, 3.63) is 35.4 Å². The van der Waals surface area contributed by atoms with Crippen molar-refractivity contribution in [1.29, 1.82) is 5.26 Å². The van der Waals surface area contributed by atoms with Gasteiger partial charge in [-0.15, -0.1) is 0 Å². The summed E-state index contributed by atoms with van der Waals surface area (Å²) in [6, 6.07) is 8.53. The van der Waals surface area contributed by atoms with Gasteiger partial charge in [0.25, 0.3) is 0 Å². The summed E-state index contributed by atoms with van der Waals surface area (Å²) in [6.45, 7) is 3.54. The molecule has 0 saturated heterocycles. The SMILES string of the molecule is CCOC(=O)C(C#N)C(=O)c1ccccc1C. The summed E-state index contributed by atoms with van der Waals surface area (Å²) in [6.07, 6.45) is 0. The Morgan fingerprint density at radius 3 is 2.59 bits per heavy atom. The van der Waals surface area contributed by atoms with E-state index in [9.17, 15) is 9.59 Å². The molecule has 0 amide bonds. The number of benzene rings is 1. The number of hydrogen-bond acceptors (Lipinski definition) is 4. The lowest BCUT2D eigenvalue weighted by atomic mass is 9.95. The third kappa shape index (κ3) is 2.91. The van der Waals surface area contributed by atoms with Gasteiger partial charge in [-0.1, -0.05) is 24.3 Å². The molecule has 0 fully saturated rings. The van der Waals surface area contributed by atoms with E-state index >= 15 is 0 Å². The standard InChI is InChI=1S/C13H13NO3/c1-3-17-13(16)11(8-14)12(15)10-7-5-4-6-9(10)2/h4-7,11H,3H2,1-2H3. The molecule has 0 aliphatic rings. The lowest BCUT2D eigenvalue weighted by Crippen LogP contribution is -2.25. The molecule has 0 spiro atoms. The Morgan fingerprint density at radius 1 is 1.41 bits per heavy atom. The van der Waals surface area contributed by atoms with E-state index in [1.165, 1.54) is 0 Å². The van der Waals surface area contributed by atoms with Gasteiger partial charge in [0.1, 0.15) is 0 Å². The largest absolute Gasteiger partial charge is 0.465 e. The average molecular weight is 231 g/mol. The Kier molecular flexibility index (Phi) is 4.41. The summed E-state index contributed by atoms with van der Waals surface area (Å²) >= 11 is 0. The third-order valence-corrected chi connectivity index (χ3v) is 2.32. The highest BCUT2D eigenvalue weighted by Crippen LogP contribution is 2.14. The molecule has 4 heteroatoms. The second-order valence-electron chi connectivity index (χ2n) is 3.49. The van der Waals surface area contributed by atoms with Gasteiger partial charge in [0.05, 0.1) is 12.7 Å². The van der Waals surface area contributed by atoms with Gasteiger partial charge in [-0.05, 0) is 19.4 Å². The first kappa shape index (κ1) is 12.9. The van der Waals surface area contributed by atoms with E-state index in [2.05, 4.69) is 0 Å². The van der Waals surface area contributed by atoms with Crippen LogP contribution in [0.4, 0.5) is 0 Å². The highest BCUT2D eigenvalue weighted by Gasteiger charge is 2.29. The van der Waals surface area contributed by atoms with Crippen LogP contribution in [-0.2, 0) is 9.53 Å². The van der Waals surface area contributed by atoms with Crippen LogP contribution < -0.4 is 0 Å². The van der Waals surface area contributed by atoms with Gasteiger partial charge in [0.15, 0.2) is 5.78 Å². The predicted molar refractivity (Wildman–Crippen MR) is 61.2 cm³/mol. The van der Waals surface area contributed by atoms with Gasteiger partial charge < -0.3 is 4.74 Å². The first-order valence-corrected chi connectivity index (χ1v) is 5.28. The van der Waals surface area contributed by atoms with Gasteiger partial charge in [-0.25, -0.2) is 0 Å². The van der Waals surface area contributed by atoms with E-state index in [-0.39, 0.29) is 6.61 Å². The van der Waals surface area contributed by atoms with Crippen molar-refractivity contribution in [3.63, 3.8) is 0 Å². The van der Waals surface area contributed by atoms with Crippen LogP contribution in [-0.4, -0.2) is 18.4 Å². The Bertz CT molecular complexity index is 474. The van der Waals surface area contributed by atoms with E-state index in [4.69, 9.17) is 10.00 Å². The number of carbonyl (C=O) groups excluding carboxylic acids is 2. The summed E-state index contributed by atoms with van der Waals surface area (Å²) in [4.78, 5) is 23.4. The van der Waals surface area contributed by atoms with Gasteiger partial charge in [-0.2, -0.15) is 5.26 Å². The molecule has 0 aromatic heterocycles. The summed E-state index contributed by atoms with van der Waals surface area (Å²) < 4.78 is 4.70. The minimum absolute atomic E-state index is 0.151. The van der Waals surface area contributed by atoms with Crippen LogP contribution in [0.1, 0.15) is 22.8 Å². The topological polar surface area (TPSA) is 67.2 Å². The lowest BCUT2D eigenvalue weighted by molar-refractivity contribution is -0.144. The first-order chi connectivity index (χ1) is 8.11. The van der Waals surface area contributed by atoms with Crippen LogP contribution in [0.5, 0.6) is 0 Å². The fourth-order valence-corrected chi connectivity index (χ4v) is 1.45. The number of ketones is 1. The Labute approximate surface area is 99.8 Å². The van der Waals surface area contributed by atoms with Crippen molar-refractivity contribution >= 4 is 11.8 Å². The molecule has 1 unspecified atom stereocenters. The molecule has 1 rings (SSSR count). The van der Waals surface area contributed by atoms with Crippen molar-refractivity contribution < 1.29 is 14.3 Å². The molecule has 0 saturated carbocycles. The van der Waals surface area contributed by atoms with Gasteiger partial charge in [0, 0.05) is 5.56 Å². The number of ether oxygens (including phenoxy) is 1. The zero-order valence-electron chi connectivity index (χ0n) is 9.77. The molecule has 0 N–H and O–H groups in total. The van der Waals surface area contributed by atoms with Crippen molar-refractivity contribution in [3.8, 4) is 6.07 Å². The smallest absolute Gasteiger partial charge is 0.331 e. The molecule has 0 heterocycles. The zero-order valence-corrected chi connectivity index (χ0v) is 9.77. The molecular formula is C13H13NO3. The number of carbonyl (C=O) groups is 2. The number of aryl methyl sites for hydroxylation is 1. The molecule has 1 atom stereocenters. The van der Waals surface area contributed by atoms with E-state index in [0.717, 1.165) is 5.56 Å². The van der Waals surface area contributed by atoms with Crippen molar-refractivity contribution in [2.45, 2.75) is 13.8 Å². The molecular weight excluding hydrogens is 218 g/mol. The Balaban J connectivity index is 3.00. The van der Waals surface area contributed by atoms with Crippen LogP contribution in [0, 0.1) is 24.2 Å². The van der Waals surface area contributed by atoms with E-state index in [1.807, 2.05) is 0 Å². The number of Topliss-reactive ketones (excluding diaryl/α,β-unsaturated/α-hetero) is 1. The Morgan fingerprint density at radius 2 is 2.06 bits per heavy atom. The fourth-order valence-electron chi connectivity index (χ4n) is 1.45. The van der Waals surface area contributed by atoms with Crippen molar-refractivity contribution in [1.82, 2.24) is 0 Å². The van der Waals surface area contributed by atoms with Crippen LogP contribution in [0.2, 0.25) is 0 Å². The van der Waals surface area contributed by atoms with Crippen LogP contribution >= 0.6 is 0 Å². The summed E-state index contributed by atoms with van der Waals surface area (Å²) in [5.74, 6) is -2.68. The van der Waals surface area contributed by atoms with E-state index in [0.29, 0.717) is 5.56 Å². The average Bonchev–Trinajstić information content (AvgIpc) is 2.30. The highest BCUT2D eigenvalue weighted by atomic mass is 16.5. The number of nitriles is 1. The van der Waals surface area contributed by atoms with Gasteiger partial charge in [0.2, 0.25) is 5.92 Å². The quantitative estimate of drug-likeness (QED) is 0.450. The molecule has 4 nitrogen and oxygen atoms in total. The molecule has 17 heavy (non-hydrogen) atoms.